The van der Waals surface area contributed by atoms with Crippen LogP contribution in [0.15, 0.2) is 46.3 Å². The van der Waals surface area contributed by atoms with Crippen molar-refractivity contribution in [2.45, 2.75) is 4.90 Å². The van der Waals surface area contributed by atoms with Crippen LogP contribution in [0.5, 0.6) is 5.75 Å². The SMILES string of the molecule is CN(C(=O)O)c1ccc(NC2=Nc3c(O)cc(Cl)cc3S(O)(O)N2)cc1. The van der Waals surface area contributed by atoms with Crippen molar-refractivity contribution in [2.24, 2.45) is 4.99 Å². The molecule has 0 aliphatic carbocycles. The fourth-order valence-corrected chi connectivity index (χ4v) is 3.75. The average molecular weight is 399 g/mol. The van der Waals surface area contributed by atoms with E-state index in [2.05, 4.69) is 15.0 Å². The lowest BCUT2D eigenvalue weighted by Crippen LogP contribution is -2.35. The van der Waals surface area contributed by atoms with Crippen LogP contribution in [-0.4, -0.2) is 38.4 Å². The molecule has 0 saturated carbocycles. The first kappa shape index (κ1) is 18.1. The second kappa shape index (κ2) is 6.57. The number of benzene rings is 2. The molecule has 2 aromatic rings. The molecule has 138 valence electrons. The first-order valence-electron chi connectivity index (χ1n) is 7.18. The zero-order valence-electron chi connectivity index (χ0n) is 13.3. The first-order chi connectivity index (χ1) is 12.2. The van der Waals surface area contributed by atoms with Gasteiger partial charge in [-0.2, -0.15) is 0 Å². The minimum atomic E-state index is -3.46. The number of halogens is 1. The van der Waals surface area contributed by atoms with Gasteiger partial charge < -0.3 is 15.5 Å². The molecule has 0 atom stereocenters. The lowest BCUT2D eigenvalue weighted by atomic mass is 10.2. The van der Waals surface area contributed by atoms with Gasteiger partial charge in [-0.05, 0) is 30.3 Å². The van der Waals surface area contributed by atoms with Gasteiger partial charge >= 0.3 is 6.09 Å². The molecule has 9 nitrogen and oxygen atoms in total. The van der Waals surface area contributed by atoms with E-state index >= 15 is 0 Å². The Kier molecular flexibility index (Phi) is 4.59. The van der Waals surface area contributed by atoms with E-state index in [1.807, 2.05) is 0 Å². The maximum atomic E-state index is 10.9. The van der Waals surface area contributed by atoms with Crippen molar-refractivity contribution in [2.75, 3.05) is 17.3 Å². The molecule has 11 heteroatoms. The summed E-state index contributed by atoms with van der Waals surface area (Å²) in [6.07, 6.45) is -1.09. The Morgan fingerprint density at radius 1 is 1.27 bits per heavy atom. The fourth-order valence-electron chi connectivity index (χ4n) is 2.28. The largest absolute Gasteiger partial charge is 0.506 e. The van der Waals surface area contributed by atoms with Crippen molar-refractivity contribution < 1.29 is 24.1 Å². The Morgan fingerprint density at radius 3 is 2.54 bits per heavy atom. The molecule has 0 radical (unpaired) electrons. The Morgan fingerprint density at radius 2 is 1.92 bits per heavy atom. The van der Waals surface area contributed by atoms with Crippen LogP contribution in [0.4, 0.5) is 21.9 Å². The van der Waals surface area contributed by atoms with Gasteiger partial charge in [0.25, 0.3) is 0 Å². The molecule has 0 aromatic heterocycles. The number of nitrogens with zero attached hydrogens (tertiary/aromatic N) is 2. The standard InChI is InChI=1S/C15H15ClN4O5S/c1-20(15(22)23)10-4-2-9(3-5-10)17-14-18-13-11(21)6-8(16)7-12(13)26(24,25)19-14/h2-7,21,24-25H,1H3,(H,22,23)(H2,17,18,19). The molecule has 0 unspecified atom stereocenters. The number of carbonyl (C=O) groups is 1. The summed E-state index contributed by atoms with van der Waals surface area (Å²) in [4.78, 5) is 16.1. The molecular weight excluding hydrogens is 384 g/mol. The minimum absolute atomic E-state index is 0.00196. The minimum Gasteiger partial charge on any atom is -0.506 e. The van der Waals surface area contributed by atoms with Gasteiger partial charge in [-0.1, -0.05) is 22.4 Å². The van der Waals surface area contributed by atoms with E-state index in [1.165, 1.54) is 19.2 Å². The summed E-state index contributed by atoms with van der Waals surface area (Å²) in [5.41, 5.74) is 0.979. The average Bonchev–Trinajstić information content (AvgIpc) is 2.55. The molecule has 1 heterocycles. The third-order valence-electron chi connectivity index (χ3n) is 3.59. The fraction of sp³-hybridized carbons (Fsp3) is 0.0667. The highest BCUT2D eigenvalue weighted by Crippen LogP contribution is 2.55. The zero-order chi connectivity index (χ0) is 19.1. The normalized spacial score (nSPS) is 15.9. The van der Waals surface area contributed by atoms with Crippen LogP contribution in [0.2, 0.25) is 5.02 Å². The van der Waals surface area contributed by atoms with Gasteiger partial charge in [0.05, 0.1) is 0 Å². The van der Waals surface area contributed by atoms with Crippen LogP contribution >= 0.6 is 22.4 Å². The van der Waals surface area contributed by atoms with Crippen molar-refractivity contribution in [3.05, 3.63) is 41.4 Å². The van der Waals surface area contributed by atoms with Gasteiger partial charge in [-0.25, -0.2) is 14.5 Å². The number of fused-ring (bicyclic) bond motifs is 1. The van der Waals surface area contributed by atoms with Crippen LogP contribution in [0.1, 0.15) is 0 Å². The topological polar surface area (TPSA) is 138 Å². The number of phenolic OH excluding ortho intramolecular Hbond substituents is 1. The van der Waals surface area contributed by atoms with Crippen LogP contribution < -0.4 is 14.9 Å². The third kappa shape index (κ3) is 3.48. The van der Waals surface area contributed by atoms with Gasteiger partial charge in [0.2, 0.25) is 5.96 Å². The van der Waals surface area contributed by atoms with Crippen LogP contribution in [0.25, 0.3) is 0 Å². The number of hydrogen-bond donors (Lipinski definition) is 6. The number of hydrogen-bond acceptors (Lipinski definition) is 7. The van der Waals surface area contributed by atoms with Gasteiger partial charge in [0.1, 0.15) is 16.3 Å². The maximum Gasteiger partial charge on any atom is 0.411 e. The number of anilines is 2. The van der Waals surface area contributed by atoms with E-state index in [0.29, 0.717) is 11.4 Å². The van der Waals surface area contributed by atoms with E-state index in [-0.39, 0.29) is 27.3 Å². The Balaban J connectivity index is 1.89. The van der Waals surface area contributed by atoms with Crippen LogP contribution in [0.3, 0.4) is 0 Å². The Bertz CT molecular complexity index is 904. The van der Waals surface area contributed by atoms with Crippen molar-refractivity contribution in [1.29, 1.82) is 0 Å². The summed E-state index contributed by atoms with van der Waals surface area (Å²) in [5.74, 6) is -0.277. The highest BCUT2D eigenvalue weighted by Gasteiger charge is 2.29. The summed E-state index contributed by atoms with van der Waals surface area (Å²) < 4.78 is 23.0. The molecule has 1 aliphatic rings. The molecule has 1 amide bonds. The molecule has 26 heavy (non-hydrogen) atoms. The van der Waals surface area contributed by atoms with Gasteiger partial charge in [0.15, 0.2) is 0 Å². The highest BCUT2D eigenvalue weighted by molar-refractivity contribution is 8.23. The lowest BCUT2D eigenvalue weighted by Gasteiger charge is -2.37. The van der Waals surface area contributed by atoms with Gasteiger partial charge in [0, 0.05) is 29.5 Å². The number of aliphatic imine (C=N–C) groups is 1. The number of nitrogens with one attached hydrogen (secondary N) is 2. The molecule has 6 N–H and O–H groups in total. The van der Waals surface area contributed by atoms with Crippen LogP contribution in [0, 0.1) is 0 Å². The molecule has 0 bridgehead atoms. The molecule has 0 fully saturated rings. The number of phenols is 1. The Labute approximate surface area is 155 Å². The van der Waals surface area contributed by atoms with E-state index in [4.69, 9.17) is 16.7 Å². The monoisotopic (exact) mass is 398 g/mol. The third-order valence-corrected chi connectivity index (χ3v) is 5.21. The summed E-state index contributed by atoms with van der Waals surface area (Å²) >= 11 is 5.83. The quantitative estimate of drug-likeness (QED) is 0.451. The maximum absolute atomic E-state index is 10.9. The highest BCUT2D eigenvalue weighted by atomic mass is 35.5. The first-order valence-corrected chi connectivity index (χ1v) is 9.11. The number of rotatable bonds is 2. The lowest BCUT2D eigenvalue weighted by molar-refractivity contribution is 0.203. The van der Waals surface area contributed by atoms with E-state index in [9.17, 15) is 19.0 Å². The predicted molar refractivity (Wildman–Crippen MR) is 101 cm³/mol. The van der Waals surface area contributed by atoms with Crippen molar-refractivity contribution in [1.82, 2.24) is 4.72 Å². The molecule has 3 rings (SSSR count). The molecule has 0 spiro atoms. The van der Waals surface area contributed by atoms with E-state index < -0.39 is 16.9 Å². The van der Waals surface area contributed by atoms with E-state index in [0.717, 1.165) is 4.90 Å². The smallest absolute Gasteiger partial charge is 0.411 e. The van der Waals surface area contributed by atoms with Crippen molar-refractivity contribution in [3.8, 4) is 5.75 Å². The summed E-state index contributed by atoms with van der Waals surface area (Å²) in [6.45, 7) is 0. The number of guanidine groups is 1. The summed E-state index contributed by atoms with van der Waals surface area (Å²) in [7, 11) is -2.05. The molecule has 0 saturated heterocycles. The van der Waals surface area contributed by atoms with E-state index in [1.54, 1.807) is 24.3 Å². The molecular formula is C15H15ClN4O5S. The second-order valence-corrected chi connectivity index (χ2v) is 7.57. The zero-order valence-corrected chi connectivity index (χ0v) is 14.9. The number of carboxylic acid groups (broad SMARTS) is 1. The Hall–Kier alpha value is -2.66. The summed E-state index contributed by atoms with van der Waals surface area (Å²) in [5, 5.41) is 21.9. The number of amides is 1. The molecule has 2 aromatic carbocycles. The second-order valence-electron chi connectivity index (χ2n) is 5.40. The van der Waals surface area contributed by atoms with Crippen LogP contribution in [-0.2, 0) is 0 Å². The summed E-state index contributed by atoms with van der Waals surface area (Å²) in [6, 6.07) is 8.91. The van der Waals surface area contributed by atoms with Gasteiger partial charge in [-0.15, -0.1) is 0 Å². The van der Waals surface area contributed by atoms with Gasteiger partial charge in [-0.3, -0.25) is 14.0 Å². The number of aromatic hydroxyl groups is 1. The predicted octanol–water partition coefficient (Wildman–Crippen LogP) is 3.89. The molecule has 1 aliphatic heterocycles. The van der Waals surface area contributed by atoms with Crippen molar-refractivity contribution >= 4 is 51.5 Å². The van der Waals surface area contributed by atoms with Crippen molar-refractivity contribution in [3.63, 3.8) is 0 Å².